The van der Waals surface area contributed by atoms with Gasteiger partial charge in [-0.2, -0.15) is 5.10 Å². The van der Waals surface area contributed by atoms with Crippen LogP contribution < -0.4 is 10.1 Å². The molecule has 6 nitrogen and oxygen atoms in total. The molecule has 7 heteroatoms. The van der Waals surface area contributed by atoms with Crippen LogP contribution in [0.3, 0.4) is 0 Å². The van der Waals surface area contributed by atoms with Crippen LogP contribution in [0, 0.1) is 5.92 Å². The fourth-order valence-corrected chi connectivity index (χ4v) is 6.09. The third-order valence-electron chi connectivity index (χ3n) is 6.59. The quantitative estimate of drug-likeness (QED) is 0.553. The molecule has 3 atom stereocenters. The third-order valence-corrected chi connectivity index (χ3v) is 7.64. The van der Waals surface area contributed by atoms with Gasteiger partial charge in [-0.25, -0.2) is 4.98 Å². The molecule has 2 bridgehead atoms. The maximum atomic E-state index is 5.60. The Balaban J connectivity index is 1.35. The molecule has 0 radical (unpaired) electrons. The number of hydrogen-bond donors (Lipinski definition) is 1. The molecule has 7 rings (SSSR count). The number of fused-ring (bicyclic) bond motifs is 6. The highest BCUT2D eigenvalue weighted by Gasteiger charge is 2.32. The average molecular weight is 408 g/mol. The van der Waals surface area contributed by atoms with Gasteiger partial charge in [0, 0.05) is 43.0 Å². The first-order chi connectivity index (χ1) is 14.2. The van der Waals surface area contributed by atoms with Gasteiger partial charge in [0.1, 0.15) is 11.3 Å². The summed E-state index contributed by atoms with van der Waals surface area (Å²) in [5, 5.41) is 9.32. The zero-order chi connectivity index (χ0) is 19.5. The first kappa shape index (κ1) is 17.5. The van der Waals surface area contributed by atoms with Gasteiger partial charge in [0.2, 0.25) is 0 Å². The Morgan fingerprint density at radius 3 is 2.90 bits per heavy atom. The Bertz CT molecular complexity index is 1150. The Kier molecular flexibility index (Phi) is 3.96. The van der Waals surface area contributed by atoms with E-state index in [0.717, 1.165) is 33.1 Å². The number of nitrogens with one attached hydrogen (secondary N) is 1. The fourth-order valence-electron chi connectivity index (χ4n) is 5.12. The molecule has 1 N–H and O–H groups in total. The SMILES string of the molecule is COc1cc(-c2cn3cc([C@H]4CC5CC[C@H](C4)NC5)nc3s2)cc2cn(C)nc12. The van der Waals surface area contributed by atoms with Crippen molar-refractivity contribution < 1.29 is 4.74 Å². The minimum atomic E-state index is 0.588. The predicted molar refractivity (Wildman–Crippen MR) is 116 cm³/mol. The average Bonchev–Trinajstić information content (AvgIpc) is 3.31. The standard InChI is InChI=1S/C22H25N5OS/c1-26-10-16-6-15(8-19(28-2)21(16)25-26)20-12-27-11-18(24-22(27)29-20)14-5-13-3-4-17(7-14)23-9-13/h6,8,10-14,17,23H,3-5,7,9H2,1-2H3/t13?,14-,17+/m0/s1. The number of aryl methyl sites for hydroxylation is 1. The van der Waals surface area contributed by atoms with E-state index in [1.165, 1.54) is 42.8 Å². The molecule has 0 amide bonds. The normalized spacial score (nSPS) is 24.4. The molecule has 1 aliphatic carbocycles. The number of methoxy groups -OCH3 is 1. The van der Waals surface area contributed by atoms with E-state index in [0.29, 0.717) is 12.0 Å². The summed E-state index contributed by atoms with van der Waals surface area (Å²) in [6.45, 7) is 1.19. The van der Waals surface area contributed by atoms with E-state index in [9.17, 15) is 0 Å². The molecule has 1 aromatic carbocycles. The zero-order valence-corrected chi connectivity index (χ0v) is 17.6. The van der Waals surface area contributed by atoms with Gasteiger partial charge in [-0.15, -0.1) is 0 Å². The van der Waals surface area contributed by atoms with Crippen LogP contribution in [0.15, 0.2) is 30.7 Å². The number of ether oxygens (including phenoxy) is 1. The van der Waals surface area contributed by atoms with Crippen LogP contribution in [0.1, 0.15) is 37.3 Å². The van der Waals surface area contributed by atoms with Gasteiger partial charge in [-0.1, -0.05) is 11.3 Å². The molecule has 2 saturated heterocycles. The maximum Gasteiger partial charge on any atom is 0.194 e. The van der Waals surface area contributed by atoms with Gasteiger partial charge in [-0.3, -0.25) is 9.08 Å². The molecule has 29 heavy (non-hydrogen) atoms. The van der Waals surface area contributed by atoms with Gasteiger partial charge in [-0.05, 0) is 55.8 Å². The topological polar surface area (TPSA) is 56.4 Å². The van der Waals surface area contributed by atoms with Crippen molar-refractivity contribution in [3.8, 4) is 16.2 Å². The smallest absolute Gasteiger partial charge is 0.194 e. The number of hydrogen-bond acceptors (Lipinski definition) is 5. The second-order valence-electron chi connectivity index (χ2n) is 8.59. The lowest BCUT2D eigenvalue weighted by molar-refractivity contribution is 0.342. The maximum absolute atomic E-state index is 5.60. The molecule has 3 aromatic heterocycles. The van der Waals surface area contributed by atoms with Gasteiger partial charge in [0.25, 0.3) is 0 Å². The van der Waals surface area contributed by atoms with Crippen LogP contribution in [0.2, 0.25) is 0 Å². The molecule has 5 heterocycles. The summed E-state index contributed by atoms with van der Waals surface area (Å²) in [5.74, 6) is 2.21. The first-order valence-electron chi connectivity index (χ1n) is 10.4. The van der Waals surface area contributed by atoms with Crippen molar-refractivity contribution in [1.82, 2.24) is 24.5 Å². The van der Waals surface area contributed by atoms with Crippen LogP contribution in [-0.2, 0) is 7.05 Å². The Morgan fingerprint density at radius 1 is 1.17 bits per heavy atom. The van der Waals surface area contributed by atoms with Gasteiger partial charge in [0.05, 0.1) is 17.7 Å². The number of rotatable bonds is 3. The van der Waals surface area contributed by atoms with Crippen LogP contribution in [0.25, 0.3) is 26.3 Å². The Morgan fingerprint density at radius 2 is 2.10 bits per heavy atom. The van der Waals surface area contributed by atoms with Crippen LogP contribution in [0.5, 0.6) is 5.75 Å². The highest BCUT2D eigenvalue weighted by Crippen LogP contribution is 2.39. The summed E-state index contributed by atoms with van der Waals surface area (Å²) in [6, 6.07) is 4.94. The van der Waals surface area contributed by atoms with Gasteiger partial charge >= 0.3 is 0 Å². The second-order valence-corrected chi connectivity index (χ2v) is 9.60. The number of benzene rings is 1. The van der Waals surface area contributed by atoms with Crippen LogP contribution >= 0.6 is 11.3 Å². The molecule has 1 unspecified atom stereocenters. The highest BCUT2D eigenvalue weighted by molar-refractivity contribution is 7.20. The van der Waals surface area contributed by atoms with Crippen molar-refractivity contribution >= 4 is 27.2 Å². The van der Waals surface area contributed by atoms with E-state index >= 15 is 0 Å². The van der Waals surface area contributed by atoms with Crippen molar-refractivity contribution in [1.29, 1.82) is 0 Å². The molecule has 1 saturated carbocycles. The Labute approximate surface area is 173 Å². The number of imidazole rings is 1. The second kappa shape index (κ2) is 6.57. The van der Waals surface area contributed by atoms with Gasteiger partial charge < -0.3 is 10.1 Å². The van der Waals surface area contributed by atoms with E-state index in [1.54, 1.807) is 18.4 Å². The molecule has 4 aromatic rings. The van der Waals surface area contributed by atoms with Crippen molar-refractivity contribution in [2.24, 2.45) is 13.0 Å². The van der Waals surface area contributed by atoms with Crippen molar-refractivity contribution in [2.45, 2.75) is 37.6 Å². The molecule has 0 spiro atoms. The molecule has 3 fully saturated rings. The highest BCUT2D eigenvalue weighted by atomic mass is 32.1. The third kappa shape index (κ3) is 2.95. The summed E-state index contributed by atoms with van der Waals surface area (Å²) in [5.41, 5.74) is 3.32. The minimum absolute atomic E-state index is 0.588. The van der Waals surface area contributed by atoms with E-state index in [1.807, 2.05) is 17.9 Å². The lowest BCUT2D eigenvalue weighted by Crippen LogP contribution is -2.35. The van der Waals surface area contributed by atoms with E-state index in [2.05, 4.69) is 39.3 Å². The molecule has 3 aliphatic rings. The lowest BCUT2D eigenvalue weighted by atomic mass is 9.92. The number of aromatic nitrogens is 4. The van der Waals surface area contributed by atoms with E-state index in [-0.39, 0.29) is 0 Å². The van der Waals surface area contributed by atoms with Gasteiger partial charge in [0.15, 0.2) is 4.96 Å². The molecule has 150 valence electrons. The molecular formula is C22H25N5OS. The van der Waals surface area contributed by atoms with Crippen LogP contribution in [-0.4, -0.2) is 38.9 Å². The molecular weight excluding hydrogens is 382 g/mol. The zero-order valence-electron chi connectivity index (χ0n) is 16.8. The first-order valence-corrected chi connectivity index (χ1v) is 11.2. The van der Waals surface area contributed by atoms with E-state index < -0.39 is 0 Å². The predicted octanol–water partition coefficient (Wildman–Crippen LogP) is 4.20. The monoisotopic (exact) mass is 407 g/mol. The van der Waals surface area contributed by atoms with E-state index in [4.69, 9.17) is 9.72 Å². The lowest BCUT2D eigenvalue weighted by Gasteiger charge is -2.24. The Hall–Kier alpha value is -2.38. The van der Waals surface area contributed by atoms with Crippen molar-refractivity contribution in [3.63, 3.8) is 0 Å². The largest absolute Gasteiger partial charge is 0.494 e. The number of thiazole rings is 1. The number of nitrogens with zero attached hydrogens (tertiary/aromatic N) is 4. The molecule has 2 aliphatic heterocycles. The summed E-state index contributed by atoms with van der Waals surface area (Å²) < 4.78 is 9.63. The summed E-state index contributed by atoms with van der Waals surface area (Å²) in [7, 11) is 3.64. The van der Waals surface area contributed by atoms with Crippen LogP contribution in [0.4, 0.5) is 0 Å². The fraction of sp³-hybridized carbons (Fsp3) is 0.455. The van der Waals surface area contributed by atoms with Crippen molar-refractivity contribution in [3.05, 3.63) is 36.4 Å². The summed E-state index contributed by atoms with van der Waals surface area (Å²) in [4.78, 5) is 7.31. The summed E-state index contributed by atoms with van der Waals surface area (Å²) >= 11 is 1.75. The minimum Gasteiger partial charge on any atom is -0.494 e. The summed E-state index contributed by atoms with van der Waals surface area (Å²) in [6.07, 6.45) is 11.7. The number of piperidine rings is 1. The van der Waals surface area contributed by atoms with Crippen molar-refractivity contribution in [2.75, 3.05) is 13.7 Å².